The van der Waals surface area contributed by atoms with Crippen LogP contribution >= 0.6 is 23.5 Å². The van der Waals surface area contributed by atoms with Crippen molar-refractivity contribution in [2.45, 2.75) is 16.2 Å². The van der Waals surface area contributed by atoms with Crippen molar-refractivity contribution in [2.75, 3.05) is 11.5 Å². The number of hydrogen-bond acceptors (Lipinski definition) is 4. The Morgan fingerprint density at radius 2 is 1.32 bits per heavy atom. The second-order valence-corrected chi connectivity index (χ2v) is 6.70. The summed E-state index contributed by atoms with van der Waals surface area (Å²) < 4.78 is 0. The van der Waals surface area contributed by atoms with E-state index in [0.29, 0.717) is 12.2 Å². The maximum absolute atomic E-state index is 11.7. The van der Waals surface area contributed by atoms with E-state index < -0.39 is 0 Å². The number of benzene rings is 2. The van der Waals surface area contributed by atoms with Crippen LogP contribution in [0.25, 0.3) is 0 Å². The Balaban J connectivity index is 1.63. The Morgan fingerprint density at radius 1 is 0.773 bits per heavy atom. The van der Waals surface area contributed by atoms with Gasteiger partial charge in [0.05, 0.1) is 5.75 Å². The van der Waals surface area contributed by atoms with Gasteiger partial charge < -0.3 is 0 Å². The van der Waals surface area contributed by atoms with E-state index in [0.717, 1.165) is 9.79 Å². The van der Waals surface area contributed by atoms with Crippen molar-refractivity contribution in [3.63, 3.8) is 0 Å². The largest absolute Gasteiger partial charge is 0.296 e. The lowest BCUT2D eigenvalue weighted by atomic mass is 10.4. The summed E-state index contributed by atoms with van der Waals surface area (Å²) in [6.45, 7) is 0. The van der Waals surface area contributed by atoms with Gasteiger partial charge in [-0.2, -0.15) is 0 Å². The van der Waals surface area contributed by atoms with Crippen molar-refractivity contribution in [3.05, 3.63) is 60.7 Å². The molecule has 0 radical (unpaired) electrons. The molecule has 0 aromatic heterocycles. The number of hydrogen-bond donors (Lipinski definition) is 1. The molecule has 22 heavy (non-hydrogen) atoms. The SMILES string of the molecule is O=C(CCSc1ccccc1)NC(=O)CSc1ccccc1. The van der Waals surface area contributed by atoms with E-state index in [4.69, 9.17) is 0 Å². The van der Waals surface area contributed by atoms with Crippen LogP contribution in [-0.2, 0) is 9.59 Å². The average Bonchev–Trinajstić information content (AvgIpc) is 2.55. The molecule has 0 saturated carbocycles. The van der Waals surface area contributed by atoms with Crippen LogP contribution in [0.15, 0.2) is 70.5 Å². The van der Waals surface area contributed by atoms with Crippen molar-refractivity contribution in [2.24, 2.45) is 0 Å². The van der Waals surface area contributed by atoms with Crippen LogP contribution in [0, 0.1) is 0 Å². The van der Waals surface area contributed by atoms with Crippen molar-refractivity contribution in [3.8, 4) is 0 Å². The molecule has 0 saturated heterocycles. The van der Waals surface area contributed by atoms with Crippen molar-refractivity contribution < 1.29 is 9.59 Å². The van der Waals surface area contributed by atoms with Gasteiger partial charge in [0.15, 0.2) is 0 Å². The van der Waals surface area contributed by atoms with E-state index in [1.807, 2.05) is 60.7 Å². The van der Waals surface area contributed by atoms with Crippen molar-refractivity contribution in [1.29, 1.82) is 0 Å². The molecule has 0 unspecified atom stereocenters. The summed E-state index contributed by atoms with van der Waals surface area (Å²) in [5, 5.41) is 2.42. The van der Waals surface area contributed by atoms with E-state index in [-0.39, 0.29) is 17.6 Å². The predicted octanol–water partition coefficient (Wildman–Crippen LogP) is 3.60. The Kier molecular flexibility index (Phi) is 7.06. The third kappa shape index (κ3) is 6.37. The van der Waals surface area contributed by atoms with Gasteiger partial charge in [-0.25, -0.2) is 0 Å². The van der Waals surface area contributed by atoms with E-state index in [1.54, 1.807) is 11.8 Å². The van der Waals surface area contributed by atoms with Gasteiger partial charge in [0.2, 0.25) is 11.8 Å². The summed E-state index contributed by atoms with van der Waals surface area (Å²) in [5.41, 5.74) is 0. The van der Waals surface area contributed by atoms with Gasteiger partial charge in [-0.3, -0.25) is 14.9 Å². The Hall–Kier alpha value is -1.72. The molecule has 2 amide bonds. The Morgan fingerprint density at radius 3 is 1.91 bits per heavy atom. The number of amides is 2. The highest BCUT2D eigenvalue weighted by Crippen LogP contribution is 2.18. The summed E-state index contributed by atoms with van der Waals surface area (Å²) in [5.74, 6) is 0.446. The minimum absolute atomic E-state index is 0.220. The predicted molar refractivity (Wildman–Crippen MR) is 92.1 cm³/mol. The summed E-state index contributed by atoms with van der Waals surface area (Å²) in [4.78, 5) is 25.5. The van der Waals surface area contributed by atoms with Crippen LogP contribution in [0.5, 0.6) is 0 Å². The van der Waals surface area contributed by atoms with Crippen molar-refractivity contribution in [1.82, 2.24) is 5.32 Å². The fourth-order valence-electron chi connectivity index (χ4n) is 1.70. The van der Waals surface area contributed by atoms with Crippen molar-refractivity contribution >= 4 is 35.3 Å². The molecule has 0 aliphatic rings. The zero-order valence-corrected chi connectivity index (χ0v) is 13.7. The minimum Gasteiger partial charge on any atom is -0.296 e. The summed E-state index contributed by atoms with van der Waals surface area (Å²) >= 11 is 3.03. The van der Waals surface area contributed by atoms with E-state index >= 15 is 0 Å². The van der Waals surface area contributed by atoms with Crippen LogP contribution in [0.2, 0.25) is 0 Å². The summed E-state index contributed by atoms with van der Waals surface area (Å²) in [6, 6.07) is 19.6. The normalized spacial score (nSPS) is 10.2. The van der Waals surface area contributed by atoms with Gasteiger partial charge in [0.1, 0.15) is 0 Å². The van der Waals surface area contributed by atoms with Crippen LogP contribution < -0.4 is 5.32 Å². The molecule has 1 N–H and O–H groups in total. The summed E-state index contributed by atoms with van der Waals surface area (Å²) in [6.07, 6.45) is 0.335. The molecule has 0 aliphatic heterocycles. The molecule has 0 fully saturated rings. The molecule has 0 atom stereocenters. The first-order valence-electron chi connectivity index (χ1n) is 6.92. The van der Waals surface area contributed by atoms with E-state index in [1.165, 1.54) is 11.8 Å². The second-order valence-electron chi connectivity index (χ2n) is 4.48. The number of carbonyl (C=O) groups excluding carboxylic acids is 2. The lowest BCUT2D eigenvalue weighted by Gasteiger charge is -2.04. The van der Waals surface area contributed by atoms with E-state index in [2.05, 4.69) is 5.32 Å². The minimum atomic E-state index is -0.247. The molecule has 0 heterocycles. The zero-order chi connectivity index (χ0) is 15.6. The topological polar surface area (TPSA) is 46.2 Å². The zero-order valence-electron chi connectivity index (χ0n) is 12.0. The maximum atomic E-state index is 11.7. The smallest absolute Gasteiger partial charge is 0.236 e. The Bertz CT molecular complexity index is 603. The van der Waals surface area contributed by atoms with Crippen LogP contribution in [0.1, 0.15) is 6.42 Å². The fraction of sp³-hybridized carbons (Fsp3) is 0.176. The molecular weight excluding hydrogens is 314 g/mol. The lowest BCUT2D eigenvalue weighted by Crippen LogP contribution is -2.31. The lowest BCUT2D eigenvalue weighted by molar-refractivity contribution is -0.128. The third-order valence-corrected chi connectivity index (χ3v) is 4.76. The highest BCUT2D eigenvalue weighted by molar-refractivity contribution is 8.00. The molecule has 0 aliphatic carbocycles. The first-order chi connectivity index (χ1) is 10.7. The molecule has 114 valence electrons. The van der Waals surface area contributed by atoms with Crippen LogP contribution in [-0.4, -0.2) is 23.3 Å². The van der Waals surface area contributed by atoms with Gasteiger partial charge >= 0.3 is 0 Å². The standard InChI is InChI=1S/C17H17NO2S2/c19-16(11-12-21-14-7-3-1-4-8-14)18-17(20)13-22-15-9-5-2-6-10-15/h1-10H,11-13H2,(H,18,19,20). The van der Waals surface area contributed by atoms with Crippen LogP contribution in [0.4, 0.5) is 0 Å². The van der Waals surface area contributed by atoms with Gasteiger partial charge in [-0.15, -0.1) is 23.5 Å². The third-order valence-electron chi connectivity index (χ3n) is 2.73. The number of imide groups is 1. The monoisotopic (exact) mass is 331 g/mol. The summed E-state index contributed by atoms with van der Waals surface area (Å²) in [7, 11) is 0. The highest BCUT2D eigenvalue weighted by atomic mass is 32.2. The average molecular weight is 331 g/mol. The number of nitrogens with one attached hydrogen (secondary N) is 1. The first kappa shape index (κ1) is 16.6. The fourth-order valence-corrected chi connectivity index (χ4v) is 3.29. The molecule has 2 rings (SSSR count). The van der Waals surface area contributed by atoms with E-state index in [9.17, 15) is 9.59 Å². The number of thioether (sulfide) groups is 2. The van der Waals surface area contributed by atoms with Gasteiger partial charge in [0.25, 0.3) is 0 Å². The van der Waals surface area contributed by atoms with Gasteiger partial charge in [0, 0.05) is 22.0 Å². The van der Waals surface area contributed by atoms with Gasteiger partial charge in [-0.1, -0.05) is 36.4 Å². The maximum Gasteiger partial charge on any atom is 0.236 e. The molecule has 2 aromatic carbocycles. The molecule has 2 aromatic rings. The molecule has 5 heteroatoms. The second kappa shape index (κ2) is 9.33. The molecule has 0 spiro atoms. The quantitative estimate of drug-likeness (QED) is 0.788. The highest BCUT2D eigenvalue weighted by Gasteiger charge is 2.08. The molecule has 3 nitrogen and oxygen atoms in total. The Labute approximate surface area is 138 Å². The van der Waals surface area contributed by atoms with Gasteiger partial charge in [-0.05, 0) is 24.3 Å². The first-order valence-corrected chi connectivity index (χ1v) is 8.89. The number of rotatable bonds is 7. The van der Waals surface area contributed by atoms with Crippen LogP contribution in [0.3, 0.4) is 0 Å². The molecular formula is C17H17NO2S2. The molecule has 0 bridgehead atoms. The number of carbonyl (C=O) groups is 2.